The number of nitrogens with one attached hydrogen (secondary N) is 1. The quantitative estimate of drug-likeness (QED) is 0.711. The monoisotopic (exact) mass is 369 g/mol. The Morgan fingerprint density at radius 1 is 1.04 bits per heavy atom. The molecule has 1 aromatic heterocycles. The summed E-state index contributed by atoms with van der Waals surface area (Å²) in [5.41, 5.74) is 2.64. The van der Waals surface area contributed by atoms with Crippen LogP contribution in [0, 0.1) is 6.92 Å². The zero-order chi connectivity index (χ0) is 19.4. The molecule has 9 nitrogen and oxygen atoms in total. The van der Waals surface area contributed by atoms with Crippen LogP contribution >= 0.6 is 0 Å². The van der Waals surface area contributed by atoms with Gasteiger partial charge in [0.1, 0.15) is 6.33 Å². The minimum absolute atomic E-state index is 0.314. The number of methoxy groups -OCH3 is 3. The van der Waals surface area contributed by atoms with Crippen LogP contribution in [0.2, 0.25) is 0 Å². The fraction of sp³-hybridized carbons (Fsp3) is 0.222. The lowest BCUT2D eigenvalue weighted by Crippen LogP contribution is -2.14. The predicted molar refractivity (Wildman–Crippen MR) is 97.9 cm³/mol. The maximum atomic E-state index is 12.8. The number of carbonyl (C=O) groups is 1. The molecule has 0 saturated heterocycles. The van der Waals surface area contributed by atoms with E-state index in [-0.39, 0.29) is 5.91 Å². The van der Waals surface area contributed by atoms with Gasteiger partial charge in [-0.3, -0.25) is 4.79 Å². The molecule has 9 heteroatoms. The van der Waals surface area contributed by atoms with Crippen molar-refractivity contribution in [3.63, 3.8) is 0 Å². The lowest BCUT2D eigenvalue weighted by Gasteiger charge is -2.15. The Hall–Kier alpha value is -3.62. The van der Waals surface area contributed by atoms with Crippen LogP contribution in [0.4, 0.5) is 5.69 Å². The van der Waals surface area contributed by atoms with Crippen molar-refractivity contribution < 1.29 is 19.0 Å². The third-order valence-electron chi connectivity index (χ3n) is 4.01. The second kappa shape index (κ2) is 7.73. The van der Waals surface area contributed by atoms with Gasteiger partial charge in [0.25, 0.3) is 5.91 Å². The van der Waals surface area contributed by atoms with E-state index in [0.29, 0.717) is 28.5 Å². The minimum Gasteiger partial charge on any atom is -0.493 e. The van der Waals surface area contributed by atoms with Gasteiger partial charge >= 0.3 is 0 Å². The molecule has 1 amide bonds. The number of benzene rings is 2. The highest BCUT2D eigenvalue weighted by atomic mass is 16.5. The highest BCUT2D eigenvalue weighted by molar-refractivity contribution is 6.05. The standard InChI is InChI=1S/C18H19N5O4/c1-11-5-6-13(23-10-19-21-22-23)9-14(11)20-18(24)12-7-15(25-2)17(27-4)16(8-12)26-3/h5-10H,1-4H3,(H,20,24). The highest BCUT2D eigenvalue weighted by Crippen LogP contribution is 2.38. The van der Waals surface area contributed by atoms with Crippen LogP contribution in [-0.4, -0.2) is 47.4 Å². The number of tetrazole rings is 1. The van der Waals surface area contributed by atoms with Gasteiger partial charge in [-0.05, 0) is 47.2 Å². The van der Waals surface area contributed by atoms with Crippen LogP contribution in [0.1, 0.15) is 15.9 Å². The van der Waals surface area contributed by atoms with Crippen molar-refractivity contribution in [2.24, 2.45) is 0 Å². The zero-order valence-corrected chi connectivity index (χ0v) is 15.4. The van der Waals surface area contributed by atoms with Gasteiger partial charge in [-0.2, -0.15) is 0 Å². The van der Waals surface area contributed by atoms with Crippen LogP contribution in [0.3, 0.4) is 0 Å². The number of amides is 1. The first kappa shape index (κ1) is 18.2. The molecule has 0 atom stereocenters. The van der Waals surface area contributed by atoms with Gasteiger partial charge in [0.2, 0.25) is 5.75 Å². The number of rotatable bonds is 6. The van der Waals surface area contributed by atoms with Crippen molar-refractivity contribution in [1.82, 2.24) is 20.2 Å². The van der Waals surface area contributed by atoms with Gasteiger partial charge < -0.3 is 19.5 Å². The Morgan fingerprint density at radius 3 is 2.30 bits per heavy atom. The Labute approximate surface area is 155 Å². The Morgan fingerprint density at radius 2 is 1.74 bits per heavy atom. The van der Waals surface area contributed by atoms with Gasteiger partial charge in [-0.1, -0.05) is 6.07 Å². The molecular formula is C18H19N5O4. The number of anilines is 1. The molecule has 0 spiro atoms. The van der Waals surface area contributed by atoms with E-state index in [1.165, 1.54) is 32.3 Å². The summed E-state index contributed by atoms with van der Waals surface area (Å²) in [4.78, 5) is 12.8. The molecule has 0 aliphatic rings. The topological polar surface area (TPSA) is 100 Å². The normalized spacial score (nSPS) is 10.4. The van der Waals surface area contributed by atoms with Crippen molar-refractivity contribution in [1.29, 1.82) is 0 Å². The molecule has 0 unspecified atom stereocenters. The summed E-state index contributed by atoms with van der Waals surface area (Å²) in [7, 11) is 4.51. The average molecular weight is 369 g/mol. The highest BCUT2D eigenvalue weighted by Gasteiger charge is 2.17. The maximum absolute atomic E-state index is 12.8. The van der Waals surface area contributed by atoms with E-state index < -0.39 is 0 Å². The lowest BCUT2D eigenvalue weighted by molar-refractivity contribution is 0.102. The Kier molecular flexibility index (Phi) is 5.20. The molecule has 0 aliphatic heterocycles. The molecule has 1 N–H and O–H groups in total. The fourth-order valence-electron chi connectivity index (χ4n) is 2.57. The van der Waals surface area contributed by atoms with E-state index in [1.54, 1.807) is 18.2 Å². The molecule has 0 bridgehead atoms. The summed E-state index contributed by atoms with van der Waals surface area (Å²) >= 11 is 0. The number of carbonyl (C=O) groups excluding carboxylic acids is 1. The van der Waals surface area contributed by atoms with Crippen LogP contribution in [0.25, 0.3) is 5.69 Å². The van der Waals surface area contributed by atoms with Crippen LogP contribution < -0.4 is 19.5 Å². The largest absolute Gasteiger partial charge is 0.493 e. The van der Waals surface area contributed by atoms with Crippen LogP contribution in [-0.2, 0) is 0 Å². The fourth-order valence-corrected chi connectivity index (χ4v) is 2.57. The molecular weight excluding hydrogens is 350 g/mol. The maximum Gasteiger partial charge on any atom is 0.255 e. The second-order valence-electron chi connectivity index (χ2n) is 5.62. The molecule has 3 rings (SSSR count). The smallest absolute Gasteiger partial charge is 0.255 e. The lowest BCUT2D eigenvalue weighted by atomic mass is 10.1. The van der Waals surface area contributed by atoms with Crippen molar-refractivity contribution in [3.8, 4) is 22.9 Å². The molecule has 0 aliphatic carbocycles. The molecule has 27 heavy (non-hydrogen) atoms. The van der Waals surface area contributed by atoms with Gasteiger partial charge in [0.15, 0.2) is 11.5 Å². The Bertz CT molecular complexity index is 931. The van der Waals surface area contributed by atoms with E-state index in [9.17, 15) is 4.79 Å². The number of ether oxygens (including phenoxy) is 3. The number of hydrogen-bond acceptors (Lipinski definition) is 7. The zero-order valence-electron chi connectivity index (χ0n) is 15.4. The molecule has 0 saturated carbocycles. The van der Waals surface area contributed by atoms with Crippen LogP contribution in [0.15, 0.2) is 36.7 Å². The Balaban J connectivity index is 1.93. The molecule has 3 aromatic rings. The van der Waals surface area contributed by atoms with E-state index >= 15 is 0 Å². The predicted octanol–water partition coefficient (Wildman–Crippen LogP) is 2.25. The number of aryl methyl sites for hydroxylation is 1. The first-order valence-corrected chi connectivity index (χ1v) is 8.02. The van der Waals surface area contributed by atoms with Gasteiger partial charge in [0, 0.05) is 11.3 Å². The molecule has 0 fully saturated rings. The van der Waals surface area contributed by atoms with Crippen molar-refractivity contribution in [2.45, 2.75) is 6.92 Å². The summed E-state index contributed by atoms with van der Waals surface area (Å²) in [5.74, 6) is 0.918. The van der Waals surface area contributed by atoms with Crippen molar-refractivity contribution >= 4 is 11.6 Å². The first-order chi connectivity index (χ1) is 13.1. The van der Waals surface area contributed by atoms with Crippen molar-refractivity contribution in [2.75, 3.05) is 26.6 Å². The molecule has 0 radical (unpaired) electrons. The number of nitrogens with zero attached hydrogens (tertiary/aromatic N) is 4. The SMILES string of the molecule is COc1cc(C(=O)Nc2cc(-n3cnnn3)ccc2C)cc(OC)c1OC. The van der Waals surface area contributed by atoms with Crippen LogP contribution in [0.5, 0.6) is 17.2 Å². The van der Waals surface area contributed by atoms with Crippen molar-refractivity contribution in [3.05, 3.63) is 47.8 Å². The second-order valence-corrected chi connectivity index (χ2v) is 5.62. The third-order valence-corrected chi connectivity index (χ3v) is 4.01. The van der Waals surface area contributed by atoms with E-state index in [0.717, 1.165) is 11.3 Å². The summed E-state index contributed by atoms with van der Waals surface area (Å²) in [6, 6.07) is 8.72. The summed E-state index contributed by atoms with van der Waals surface area (Å²) < 4.78 is 17.4. The average Bonchev–Trinajstić information content (AvgIpc) is 3.23. The van der Waals surface area contributed by atoms with E-state index in [4.69, 9.17) is 14.2 Å². The summed E-state index contributed by atoms with van der Waals surface area (Å²) in [6.45, 7) is 1.90. The van der Waals surface area contributed by atoms with E-state index in [2.05, 4.69) is 20.8 Å². The van der Waals surface area contributed by atoms with Gasteiger partial charge in [0.05, 0.1) is 27.0 Å². The molecule has 1 heterocycles. The number of aromatic nitrogens is 4. The molecule has 140 valence electrons. The number of hydrogen-bond donors (Lipinski definition) is 1. The molecule has 2 aromatic carbocycles. The first-order valence-electron chi connectivity index (χ1n) is 8.02. The minimum atomic E-state index is -0.314. The summed E-state index contributed by atoms with van der Waals surface area (Å²) in [6.07, 6.45) is 1.48. The van der Waals surface area contributed by atoms with E-state index in [1.807, 2.05) is 19.1 Å². The summed E-state index contributed by atoms with van der Waals surface area (Å²) in [5, 5.41) is 14.0. The third kappa shape index (κ3) is 3.66. The van der Waals surface area contributed by atoms with Gasteiger partial charge in [-0.25, -0.2) is 4.68 Å². The van der Waals surface area contributed by atoms with Gasteiger partial charge in [-0.15, -0.1) is 5.10 Å².